The van der Waals surface area contributed by atoms with E-state index in [0.29, 0.717) is 16.7 Å². The van der Waals surface area contributed by atoms with E-state index in [1.807, 2.05) is 19.1 Å². The molecule has 2 aromatic rings. The number of ether oxygens (including phenoxy) is 1. The molecule has 0 aliphatic carbocycles. The molecule has 132 valence electrons. The lowest BCUT2D eigenvalue weighted by molar-refractivity contribution is -0.127. The number of aryl methyl sites for hydroxylation is 1. The zero-order valence-corrected chi connectivity index (χ0v) is 15.7. The molecule has 0 radical (unpaired) electrons. The highest BCUT2D eigenvalue weighted by Crippen LogP contribution is 2.22. The minimum atomic E-state index is -0.666. The van der Waals surface area contributed by atoms with E-state index >= 15 is 0 Å². The Balaban J connectivity index is 1.90. The average molecular weight is 359 g/mol. The van der Waals surface area contributed by atoms with Crippen molar-refractivity contribution in [3.8, 4) is 5.75 Å². The first-order chi connectivity index (χ1) is 11.9. The van der Waals surface area contributed by atoms with Crippen LogP contribution in [0.5, 0.6) is 5.75 Å². The van der Waals surface area contributed by atoms with Crippen molar-refractivity contribution >= 4 is 23.7 Å². The molecule has 25 heavy (non-hydrogen) atoms. The predicted molar refractivity (Wildman–Crippen MR) is 103 cm³/mol. The summed E-state index contributed by atoms with van der Waals surface area (Å²) in [4.78, 5) is 12.1. The maximum absolute atomic E-state index is 12.1. The Kier molecular flexibility index (Phi) is 6.59. The van der Waals surface area contributed by atoms with E-state index in [0.717, 1.165) is 11.1 Å². The van der Waals surface area contributed by atoms with Gasteiger partial charge in [0.1, 0.15) is 5.75 Å². The molecular formula is C20H23ClN2O2. The molecule has 1 amide bonds. The molecule has 0 bridgehead atoms. The zero-order valence-electron chi connectivity index (χ0n) is 14.9. The number of hydrogen-bond donors (Lipinski definition) is 1. The molecule has 0 aromatic heterocycles. The fourth-order valence-electron chi connectivity index (χ4n) is 2.22. The van der Waals surface area contributed by atoms with Crippen molar-refractivity contribution in [2.24, 2.45) is 5.10 Å². The van der Waals surface area contributed by atoms with Gasteiger partial charge in [-0.15, -0.1) is 0 Å². The summed E-state index contributed by atoms with van der Waals surface area (Å²) < 4.78 is 5.66. The molecular weight excluding hydrogens is 336 g/mol. The number of nitrogens with one attached hydrogen (secondary N) is 1. The maximum Gasteiger partial charge on any atom is 0.280 e. The molecule has 1 N–H and O–H groups in total. The van der Waals surface area contributed by atoms with Crippen LogP contribution in [0.3, 0.4) is 0 Å². The van der Waals surface area contributed by atoms with E-state index in [1.165, 1.54) is 5.56 Å². The lowest BCUT2D eigenvalue weighted by Crippen LogP contribution is -2.33. The first-order valence-corrected chi connectivity index (χ1v) is 8.60. The highest BCUT2D eigenvalue weighted by molar-refractivity contribution is 6.30. The number of carbonyl (C=O) groups excluding carboxylic acids is 1. The van der Waals surface area contributed by atoms with E-state index in [1.54, 1.807) is 31.3 Å². The van der Waals surface area contributed by atoms with Crippen molar-refractivity contribution in [3.63, 3.8) is 0 Å². The molecule has 1 unspecified atom stereocenters. The molecule has 0 fully saturated rings. The molecule has 2 aromatic carbocycles. The molecule has 0 aliphatic heterocycles. The van der Waals surface area contributed by atoms with Crippen LogP contribution >= 0.6 is 11.6 Å². The molecule has 1 atom stereocenters. The van der Waals surface area contributed by atoms with Gasteiger partial charge in [0.2, 0.25) is 0 Å². The summed E-state index contributed by atoms with van der Waals surface area (Å²) in [6.45, 7) is 7.85. The third-order valence-electron chi connectivity index (χ3n) is 3.80. The topological polar surface area (TPSA) is 50.7 Å². The Hall–Kier alpha value is -2.33. The van der Waals surface area contributed by atoms with Crippen LogP contribution in [0.4, 0.5) is 0 Å². The summed E-state index contributed by atoms with van der Waals surface area (Å²) in [5.41, 5.74) is 5.56. The van der Waals surface area contributed by atoms with Gasteiger partial charge in [0.25, 0.3) is 5.91 Å². The van der Waals surface area contributed by atoms with Crippen molar-refractivity contribution in [3.05, 3.63) is 64.2 Å². The predicted octanol–water partition coefficient (Wildman–Crippen LogP) is 4.69. The van der Waals surface area contributed by atoms with Crippen molar-refractivity contribution < 1.29 is 9.53 Å². The van der Waals surface area contributed by atoms with Crippen LogP contribution in [-0.2, 0) is 4.79 Å². The molecule has 0 heterocycles. The summed E-state index contributed by atoms with van der Waals surface area (Å²) in [6, 6.07) is 13.3. The van der Waals surface area contributed by atoms with Crippen molar-refractivity contribution in [1.82, 2.24) is 5.43 Å². The van der Waals surface area contributed by atoms with Gasteiger partial charge in [-0.1, -0.05) is 49.7 Å². The van der Waals surface area contributed by atoms with Crippen LogP contribution in [0.1, 0.15) is 43.4 Å². The number of carbonyl (C=O) groups is 1. The second-order valence-electron chi connectivity index (χ2n) is 6.23. The highest BCUT2D eigenvalue weighted by atomic mass is 35.5. The molecule has 4 nitrogen and oxygen atoms in total. The van der Waals surface area contributed by atoms with Crippen LogP contribution in [0.25, 0.3) is 0 Å². The summed E-state index contributed by atoms with van der Waals surface area (Å²) in [7, 11) is 0. The van der Waals surface area contributed by atoms with Crippen LogP contribution in [0, 0.1) is 6.92 Å². The highest BCUT2D eigenvalue weighted by Gasteiger charge is 2.15. The first kappa shape index (κ1) is 19.0. The lowest BCUT2D eigenvalue weighted by Gasteiger charge is -2.14. The van der Waals surface area contributed by atoms with Gasteiger partial charge in [0.05, 0.1) is 6.21 Å². The van der Waals surface area contributed by atoms with E-state index in [2.05, 4.69) is 36.5 Å². The molecule has 5 heteroatoms. The van der Waals surface area contributed by atoms with Crippen LogP contribution < -0.4 is 10.2 Å². The number of benzene rings is 2. The Morgan fingerprint density at radius 3 is 2.44 bits per heavy atom. The Morgan fingerprint density at radius 1 is 1.16 bits per heavy atom. The maximum atomic E-state index is 12.1. The number of halogens is 1. The SMILES string of the molecule is Cc1cc(Cl)ccc1OC(C)C(=O)N/N=C/c1ccc(C(C)C)cc1. The first-order valence-electron chi connectivity index (χ1n) is 8.22. The standard InChI is InChI=1S/C20H23ClN2O2/c1-13(2)17-7-5-16(6-8-17)12-22-23-20(24)15(4)25-19-10-9-18(21)11-14(19)3/h5-13,15H,1-4H3,(H,23,24)/b22-12+. The van der Waals surface area contributed by atoms with Gasteiger partial charge in [0, 0.05) is 5.02 Å². The van der Waals surface area contributed by atoms with Gasteiger partial charge in [-0.3, -0.25) is 4.79 Å². The Bertz CT molecular complexity index is 755. The van der Waals surface area contributed by atoms with E-state index < -0.39 is 6.10 Å². The number of rotatable bonds is 6. The minimum Gasteiger partial charge on any atom is -0.481 e. The normalized spacial score (nSPS) is 12.4. The average Bonchev–Trinajstić information content (AvgIpc) is 2.57. The van der Waals surface area contributed by atoms with Gasteiger partial charge >= 0.3 is 0 Å². The number of nitrogens with zero attached hydrogens (tertiary/aromatic N) is 1. The Labute approximate surface area is 153 Å². The van der Waals surface area contributed by atoms with Gasteiger partial charge in [-0.05, 0) is 54.7 Å². The van der Waals surface area contributed by atoms with Gasteiger partial charge in [-0.25, -0.2) is 5.43 Å². The van der Waals surface area contributed by atoms with E-state index in [-0.39, 0.29) is 5.91 Å². The van der Waals surface area contributed by atoms with Gasteiger partial charge < -0.3 is 4.74 Å². The van der Waals surface area contributed by atoms with Crippen LogP contribution in [0.2, 0.25) is 5.02 Å². The summed E-state index contributed by atoms with van der Waals surface area (Å²) >= 11 is 5.92. The largest absolute Gasteiger partial charge is 0.481 e. The fourth-order valence-corrected chi connectivity index (χ4v) is 2.44. The number of hydrazone groups is 1. The van der Waals surface area contributed by atoms with E-state index in [4.69, 9.17) is 16.3 Å². The summed E-state index contributed by atoms with van der Waals surface area (Å²) in [5.74, 6) is 0.796. The number of hydrogen-bond acceptors (Lipinski definition) is 3. The van der Waals surface area contributed by atoms with Crippen LogP contribution in [0.15, 0.2) is 47.6 Å². The van der Waals surface area contributed by atoms with Gasteiger partial charge in [0.15, 0.2) is 6.10 Å². The molecule has 0 saturated carbocycles. The Morgan fingerprint density at radius 2 is 1.84 bits per heavy atom. The summed E-state index contributed by atoms with van der Waals surface area (Å²) in [6.07, 6.45) is 0.947. The van der Waals surface area contributed by atoms with Crippen molar-refractivity contribution in [1.29, 1.82) is 0 Å². The van der Waals surface area contributed by atoms with Crippen LogP contribution in [-0.4, -0.2) is 18.2 Å². The lowest BCUT2D eigenvalue weighted by atomic mass is 10.0. The van der Waals surface area contributed by atoms with Crippen molar-refractivity contribution in [2.45, 2.75) is 39.7 Å². The quantitative estimate of drug-likeness (QED) is 0.601. The molecule has 0 saturated heterocycles. The van der Waals surface area contributed by atoms with E-state index in [9.17, 15) is 4.79 Å². The number of amides is 1. The third-order valence-corrected chi connectivity index (χ3v) is 4.04. The smallest absolute Gasteiger partial charge is 0.280 e. The van der Waals surface area contributed by atoms with Crippen molar-refractivity contribution in [2.75, 3.05) is 0 Å². The van der Waals surface area contributed by atoms with Gasteiger partial charge in [-0.2, -0.15) is 5.10 Å². The second kappa shape index (κ2) is 8.67. The summed E-state index contributed by atoms with van der Waals surface area (Å²) in [5, 5.41) is 4.62. The fraction of sp³-hybridized carbons (Fsp3) is 0.300. The monoisotopic (exact) mass is 358 g/mol. The molecule has 0 spiro atoms. The minimum absolute atomic E-state index is 0.315. The molecule has 0 aliphatic rings. The second-order valence-corrected chi connectivity index (χ2v) is 6.66. The zero-order chi connectivity index (χ0) is 18.4. The molecule has 2 rings (SSSR count). The third kappa shape index (κ3) is 5.61.